The molecule has 0 saturated heterocycles. The number of aromatic hydroxyl groups is 1. The number of aromatic nitrogens is 1. The van der Waals surface area contributed by atoms with E-state index in [0.29, 0.717) is 11.4 Å². The van der Waals surface area contributed by atoms with Crippen LogP contribution in [0.2, 0.25) is 0 Å². The molecule has 64 valence electrons. The van der Waals surface area contributed by atoms with Gasteiger partial charge in [0.2, 0.25) is 0 Å². The molecule has 1 heterocycles. The molecule has 12 heavy (non-hydrogen) atoms. The second kappa shape index (κ2) is 3.21. The molecule has 0 aliphatic carbocycles. The minimum Gasteiger partial charge on any atom is -0.506 e. The highest BCUT2D eigenvalue weighted by molar-refractivity contribution is 5.69. The third-order valence-corrected chi connectivity index (χ3v) is 1.45. The fourth-order valence-corrected chi connectivity index (χ4v) is 0.859. The summed E-state index contributed by atoms with van der Waals surface area (Å²) in [5, 5.41) is 17.5. The Bertz CT molecular complexity index is 309. The van der Waals surface area contributed by atoms with Gasteiger partial charge < -0.3 is 10.2 Å². The lowest BCUT2D eigenvalue weighted by Gasteiger charge is -1.99. The molecular formula is C8H9NO3. The van der Waals surface area contributed by atoms with Gasteiger partial charge in [-0.3, -0.25) is 9.78 Å². The highest BCUT2D eigenvalue weighted by atomic mass is 16.4. The van der Waals surface area contributed by atoms with Crippen LogP contribution in [0.4, 0.5) is 0 Å². The molecule has 1 rings (SSSR count). The van der Waals surface area contributed by atoms with Crippen molar-refractivity contribution in [1.29, 1.82) is 0 Å². The van der Waals surface area contributed by atoms with Crippen molar-refractivity contribution in [3.63, 3.8) is 0 Å². The lowest BCUT2D eigenvalue weighted by atomic mass is 10.2. The number of nitrogens with zero attached hydrogens (tertiary/aromatic N) is 1. The first-order chi connectivity index (χ1) is 5.59. The lowest BCUT2D eigenvalue weighted by Crippen LogP contribution is -2.02. The van der Waals surface area contributed by atoms with Crippen LogP contribution in [-0.4, -0.2) is 21.2 Å². The summed E-state index contributed by atoms with van der Waals surface area (Å²) in [4.78, 5) is 14.1. The molecular weight excluding hydrogens is 158 g/mol. The maximum atomic E-state index is 10.3. The van der Waals surface area contributed by atoms with Gasteiger partial charge >= 0.3 is 5.97 Å². The summed E-state index contributed by atoms with van der Waals surface area (Å²) in [5.74, 6) is -0.836. The van der Waals surface area contributed by atoms with Crippen molar-refractivity contribution in [2.75, 3.05) is 0 Å². The molecule has 0 spiro atoms. The Morgan fingerprint density at radius 1 is 1.58 bits per heavy atom. The Morgan fingerprint density at radius 3 is 2.75 bits per heavy atom. The van der Waals surface area contributed by atoms with Gasteiger partial charge in [0, 0.05) is 0 Å². The largest absolute Gasteiger partial charge is 0.506 e. The monoisotopic (exact) mass is 167 g/mol. The van der Waals surface area contributed by atoms with Gasteiger partial charge in [-0.25, -0.2) is 0 Å². The molecule has 0 unspecified atom stereocenters. The van der Waals surface area contributed by atoms with E-state index in [1.165, 1.54) is 12.1 Å². The second-order valence-corrected chi connectivity index (χ2v) is 2.48. The number of carboxylic acids is 1. The van der Waals surface area contributed by atoms with E-state index in [9.17, 15) is 4.79 Å². The van der Waals surface area contributed by atoms with E-state index >= 15 is 0 Å². The van der Waals surface area contributed by atoms with E-state index in [-0.39, 0.29) is 12.2 Å². The van der Waals surface area contributed by atoms with Crippen LogP contribution in [0.15, 0.2) is 12.1 Å². The molecule has 0 radical (unpaired) electrons. The number of aliphatic carboxylic acids is 1. The van der Waals surface area contributed by atoms with E-state index in [1.807, 2.05) is 0 Å². The molecule has 0 bridgehead atoms. The van der Waals surface area contributed by atoms with Crippen molar-refractivity contribution in [2.45, 2.75) is 13.3 Å². The zero-order valence-corrected chi connectivity index (χ0v) is 6.61. The molecule has 1 aromatic heterocycles. The number of carboxylic acid groups (broad SMARTS) is 1. The maximum Gasteiger partial charge on any atom is 0.309 e. The lowest BCUT2D eigenvalue weighted by molar-refractivity contribution is -0.136. The quantitative estimate of drug-likeness (QED) is 0.681. The summed E-state index contributed by atoms with van der Waals surface area (Å²) in [6.07, 6.45) is -0.110. The Kier molecular flexibility index (Phi) is 2.28. The van der Waals surface area contributed by atoms with E-state index in [4.69, 9.17) is 10.2 Å². The number of hydrogen-bond acceptors (Lipinski definition) is 3. The summed E-state index contributed by atoms with van der Waals surface area (Å²) in [6.45, 7) is 1.63. The number of rotatable bonds is 2. The first-order valence-electron chi connectivity index (χ1n) is 3.47. The summed E-state index contributed by atoms with van der Waals surface area (Å²) >= 11 is 0. The summed E-state index contributed by atoms with van der Waals surface area (Å²) in [7, 11) is 0. The fourth-order valence-electron chi connectivity index (χ4n) is 0.859. The Hall–Kier alpha value is -1.58. The van der Waals surface area contributed by atoms with Crippen LogP contribution in [0.5, 0.6) is 5.75 Å². The molecule has 4 nitrogen and oxygen atoms in total. The predicted octanol–water partition coefficient (Wildman–Crippen LogP) is 0.723. The van der Waals surface area contributed by atoms with Crippen LogP contribution in [0, 0.1) is 6.92 Å². The number of carbonyl (C=O) groups is 1. The van der Waals surface area contributed by atoms with Gasteiger partial charge in [0.15, 0.2) is 0 Å². The van der Waals surface area contributed by atoms with Gasteiger partial charge in [-0.1, -0.05) is 0 Å². The van der Waals surface area contributed by atoms with E-state index in [1.54, 1.807) is 6.92 Å². The van der Waals surface area contributed by atoms with Crippen LogP contribution in [0.3, 0.4) is 0 Å². The molecule has 0 aliphatic heterocycles. The van der Waals surface area contributed by atoms with E-state index in [2.05, 4.69) is 4.98 Å². The van der Waals surface area contributed by atoms with Crippen molar-refractivity contribution in [1.82, 2.24) is 4.98 Å². The van der Waals surface area contributed by atoms with Crippen LogP contribution in [-0.2, 0) is 11.2 Å². The molecule has 1 aromatic rings. The maximum absolute atomic E-state index is 10.3. The molecule has 0 aromatic carbocycles. The van der Waals surface area contributed by atoms with Gasteiger partial charge in [-0.05, 0) is 19.1 Å². The number of aryl methyl sites for hydroxylation is 1. The number of pyridine rings is 1. The molecule has 0 fully saturated rings. The van der Waals surface area contributed by atoms with E-state index < -0.39 is 5.97 Å². The van der Waals surface area contributed by atoms with Gasteiger partial charge in [-0.2, -0.15) is 0 Å². The Labute approximate surface area is 69.5 Å². The van der Waals surface area contributed by atoms with Crippen molar-refractivity contribution >= 4 is 5.97 Å². The van der Waals surface area contributed by atoms with Gasteiger partial charge in [0.05, 0.1) is 17.8 Å². The third-order valence-electron chi connectivity index (χ3n) is 1.45. The van der Waals surface area contributed by atoms with Gasteiger partial charge in [-0.15, -0.1) is 0 Å². The third kappa shape index (κ3) is 1.95. The van der Waals surface area contributed by atoms with Crippen LogP contribution >= 0.6 is 0 Å². The van der Waals surface area contributed by atoms with Crippen molar-refractivity contribution in [3.8, 4) is 5.75 Å². The Balaban J connectivity index is 2.89. The van der Waals surface area contributed by atoms with Crippen LogP contribution in [0.25, 0.3) is 0 Å². The Morgan fingerprint density at radius 2 is 2.25 bits per heavy atom. The minimum atomic E-state index is -0.924. The smallest absolute Gasteiger partial charge is 0.309 e. The average molecular weight is 167 g/mol. The average Bonchev–Trinajstić information content (AvgIpc) is 1.96. The van der Waals surface area contributed by atoms with E-state index in [0.717, 1.165) is 0 Å². The molecule has 0 atom stereocenters. The van der Waals surface area contributed by atoms with Crippen LogP contribution < -0.4 is 0 Å². The van der Waals surface area contributed by atoms with Crippen LogP contribution in [0.1, 0.15) is 11.4 Å². The normalized spacial score (nSPS) is 9.75. The van der Waals surface area contributed by atoms with Gasteiger partial charge in [0.25, 0.3) is 0 Å². The topological polar surface area (TPSA) is 70.4 Å². The summed E-state index contributed by atoms with van der Waals surface area (Å²) in [6, 6.07) is 2.94. The highest BCUT2D eigenvalue weighted by Crippen LogP contribution is 2.13. The first-order valence-corrected chi connectivity index (χ1v) is 3.47. The standard InChI is InChI=1S/C8H9NO3/c1-5-7(10)3-2-6(9-5)4-8(11)12/h2-3,10H,4H2,1H3,(H,11,12). The first kappa shape index (κ1) is 8.52. The molecule has 0 amide bonds. The summed E-state index contributed by atoms with van der Waals surface area (Å²) < 4.78 is 0. The van der Waals surface area contributed by atoms with Crippen molar-refractivity contribution in [2.24, 2.45) is 0 Å². The zero-order valence-electron chi connectivity index (χ0n) is 6.61. The fraction of sp³-hybridized carbons (Fsp3) is 0.250. The predicted molar refractivity (Wildman–Crippen MR) is 42.0 cm³/mol. The van der Waals surface area contributed by atoms with Crippen molar-refractivity contribution in [3.05, 3.63) is 23.5 Å². The zero-order chi connectivity index (χ0) is 9.14. The minimum absolute atomic E-state index is 0.0872. The van der Waals surface area contributed by atoms with Gasteiger partial charge in [0.1, 0.15) is 5.75 Å². The number of hydrogen-bond donors (Lipinski definition) is 2. The molecule has 0 saturated carbocycles. The SMILES string of the molecule is Cc1nc(CC(=O)O)ccc1O. The van der Waals surface area contributed by atoms with Crippen molar-refractivity contribution < 1.29 is 15.0 Å². The highest BCUT2D eigenvalue weighted by Gasteiger charge is 2.03. The molecule has 0 aliphatic rings. The molecule has 2 N–H and O–H groups in total. The molecule has 4 heteroatoms. The second-order valence-electron chi connectivity index (χ2n) is 2.48. The summed E-state index contributed by atoms with van der Waals surface area (Å²) in [5.41, 5.74) is 0.909.